The van der Waals surface area contributed by atoms with Gasteiger partial charge in [-0.25, -0.2) is 4.39 Å². The molecule has 15 heavy (non-hydrogen) atoms. The van der Waals surface area contributed by atoms with Crippen LogP contribution in [-0.4, -0.2) is 16.2 Å². The molecule has 0 aromatic heterocycles. The molecule has 0 aliphatic carbocycles. The Bertz CT molecular complexity index is 347. The highest BCUT2D eigenvalue weighted by atomic mass is 35.5. The van der Waals surface area contributed by atoms with Gasteiger partial charge in [0.15, 0.2) is 0 Å². The molecule has 0 saturated heterocycles. The Labute approximate surface area is 91.1 Å². The van der Waals surface area contributed by atoms with E-state index in [2.05, 4.69) is 0 Å². The molecule has 1 aromatic carbocycles. The normalized spacial score (nSPS) is 12.4. The first-order chi connectivity index (χ1) is 6.99. The molecule has 0 saturated carbocycles. The van der Waals surface area contributed by atoms with Crippen LogP contribution in [0.4, 0.5) is 4.39 Å². The van der Waals surface area contributed by atoms with Crippen LogP contribution in [0.15, 0.2) is 18.2 Å². The second-order valence-corrected chi connectivity index (χ2v) is 3.67. The van der Waals surface area contributed by atoms with E-state index in [0.29, 0.717) is 5.56 Å². The molecule has 5 heteroatoms. The van der Waals surface area contributed by atoms with Gasteiger partial charge in [-0.15, -0.1) is 11.6 Å². The molecule has 0 fully saturated rings. The molecule has 1 atom stereocenters. The highest BCUT2D eigenvalue weighted by molar-refractivity contribution is 6.20. The number of carboxylic acids is 1. The predicted molar refractivity (Wildman–Crippen MR) is 53.5 cm³/mol. The molecule has 0 spiro atoms. The summed E-state index contributed by atoms with van der Waals surface area (Å²) in [4.78, 5) is 10.3. The maximum atomic E-state index is 12.9. The number of phenolic OH excluding ortho intramolecular Hbond substituents is 1. The minimum absolute atomic E-state index is 0.0918. The molecule has 0 bridgehead atoms. The molecular formula is C10H10ClFO3. The SMILES string of the molecule is O=C(O)CCC(Cl)c1cc(O)cc(F)c1. The monoisotopic (exact) mass is 232 g/mol. The van der Waals surface area contributed by atoms with Gasteiger partial charge in [0.2, 0.25) is 0 Å². The predicted octanol–water partition coefficient (Wildman–Crippen LogP) is 2.68. The molecule has 1 rings (SSSR count). The van der Waals surface area contributed by atoms with Gasteiger partial charge in [-0.3, -0.25) is 4.79 Å². The summed E-state index contributed by atoms with van der Waals surface area (Å²) in [6.07, 6.45) is 0.102. The summed E-state index contributed by atoms with van der Waals surface area (Å²) in [5.41, 5.74) is 0.385. The Morgan fingerprint density at radius 2 is 2.13 bits per heavy atom. The van der Waals surface area contributed by atoms with Gasteiger partial charge in [0, 0.05) is 12.5 Å². The summed E-state index contributed by atoms with van der Waals surface area (Å²) in [7, 11) is 0. The second-order valence-electron chi connectivity index (χ2n) is 3.14. The van der Waals surface area contributed by atoms with Gasteiger partial charge >= 0.3 is 5.97 Å². The number of phenols is 1. The fraction of sp³-hybridized carbons (Fsp3) is 0.300. The largest absolute Gasteiger partial charge is 0.508 e. The van der Waals surface area contributed by atoms with Crippen LogP contribution < -0.4 is 0 Å². The van der Waals surface area contributed by atoms with E-state index in [0.717, 1.165) is 6.07 Å². The van der Waals surface area contributed by atoms with E-state index in [1.807, 2.05) is 0 Å². The van der Waals surface area contributed by atoms with Crippen molar-refractivity contribution in [2.75, 3.05) is 0 Å². The van der Waals surface area contributed by atoms with Crippen LogP contribution >= 0.6 is 11.6 Å². The fourth-order valence-electron chi connectivity index (χ4n) is 1.19. The standard InChI is InChI=1S/C10H10ClFO3/c11-9(1-2-10(14)15)6-3-7(12)5-8(13)4-6/h3-5,9,13H,1-2H2,(H,14,15). The van der Waals surface area contributed by atoms with Crippen LogP contribution in [0.3, 0.4) is 0 Å². The van der Waals surface area contributed by atoms with E-state index in [9.17, 15) is 9.18 Å². The number of rotatable bonds is 4. The Morgan fingerprint density at radius 1 is 1.47 bits per heavy atom. The number of aromatic hydroxyl groups is 1. The highest BCUT2D eigenvalue weighted by Gasteiger charge is 2.12. The first-order valence-electron chi connectivity index (χ1n) is 4.34. The van der Waals surface area contributed by atoms with Crippen LogP contribution in [0.5, 0.6) is 5.75 Å². The minimum Gasteiger partial charge on any atom is -0.508 e. The highest BCUT2D eigenvalue weighted by Crippen LogP contribution is 2.28. The summed E-state index contributed by atoms with van der Waals surface area (Å²) in [5.74, 6) is -1.77. The van der Waals surface area contributed by atoms with Crippen molar-refractivity contribution in [3.8, 4) is 5.75 Å². The van der Waals surface area contributed by atoms with Crippen molar-refractivity contribution in [1.29, 1.82) is 0 Å². The van der Waals surface area contributed by atoms with Crippen molar-refractivity contribution in [2.45, 2.75) is 18.2 Å². The van der Waals surface area contributed by atoms with Crippen molar-refractivity contribution in [2.24, 2.45) is 0 Å². The summed E-state index contributed by atoms with van der Waals surface area (Å²) in [6, 6.07) is 3.46. The maximum Gasteiger partial charge on any atom is 0.303 e. The molecule has 0 radical (unpaired) electrons. The number of alkyl halides is 1. The summed E-state index contributed by atoms with van der Waals surface area (Å²) in [6.45, 7) is 0. The quantitative estimate of drug-likeness (QED) is 0.785. The van der Waals surface area contributed by atoms with Gasteiger partial charge in [-0.1, -0.05) is 0 Å². The van der Waals surface area contributed by atoms with Crippen molar-refractivity contribution in [3.63, 3.8) is 0 Å². The molecule has 1 aromatic rings. The third-order valence-corrected chi connectivity index (χ3v) is 2.35. The molecular weight excluding hydrogens is 223 g/mol. The van der Waals surface area contributed by atoms with E-state index < -0.39 is 17.2 Å². The van der Waals surface area contributed by atoms with Gasteiger partial charge in [-0.05, 0) is 24.1 Å². The smallest absolute Gasteiger partial charge is 0.303 e. The Balaban J connectivity index is 2.72. The zero-order valence-corrected chi connectivity index (χ0v) is 8.54. The van der Waals surface area contributed by atoms with Crippen LogP contribution in [-0.2, 0) is 4.79 Å². The summed E-state index contributed by atoms with van der Waals surface area (Å²) >= 11 is 5.85. The van der Waals surface area contributed by atoms with Crippen LogP contribution in [0.2, 0.25) is 0 Å². The summed E-state index contributed by atoms with van der Waals surface area (Å²) < 4.78 is 12.9. The Morgan fingerprint density at radius 3 is 2.67 bits per heavy atom. The molecule has 3 nitrogen and oxygen atoms in total. The van der Waals surface area contributed by atoms with Crippen LogP contribution in [0.25, 0.3) is 0 Å². The van der Waals surface area contributed by atoms with E-state index in [-0.39, 0.29) is 18.6 Å². The molecule has 0 aliphatic rings. The summed E-state index contributed by atoms with van der Waals surface area (Å²) in [5, 5.41) is 16.9. The van der Waals surface area contributed by atoms with Gasteiger partial charge < -0.3 is 10.2 Å². The molecule has 0 aliphatic heterocycles. The first-order valence-corrected chi connectivity index (χ1v) is 4.78. The van der Waals surface area contributed by atoms with Gasteiger partial charge in [0.05, 0.1) is 5.38 Å². The third kappa shape index (κ3) is 3.75. The van der Waals surface area contributed by atoms with Gasteiger partial charge in [0.25, 0.3) is 0 Å². The topological polar surface area (TPSA) is 57.5 Å². The minimum atomic E-state index is -0.957. The zero-order chi connectivity index (χ0) is 11.4. The lowest BCUT2D eigenvalue weighted by Gasteiger charge is -2.08. The number of halogens is 2. The van der Waals surface area contributed by atoms with Gasteiger partial charge in [0.1, 0.15) is 11.6 Å². The molecule has 2 N–H and O–H groups in total. The van der Waals surface area contributed by atoms with Crippen LogP contribution in [0, 0.1) is 5.82 Å². The van der Waals surface area contributed by atoms with Crippen molar-refractivity contribution < 1.29 is 19.4 Å². The molecule has 1 unspecified atom stereocenters. The van der Waals surface area contributed by atoms with Crippen LogP contribution in [0.1, 0.15) is 23.8 Å². The maximum absolute atomic E-state index is 12.9. The van der Waals surface area contributed by atoms with E-state index in [4.69, 9.17) is 21.8 Å². The van der Waals surface area contributed by atoms with E-state index in [1.54, 1.807) is 0 Å². The Hall–Kier alpha value is -1.29. The molecule has 0 amide bonds. The average Bonchev–Trinajstić information content (AvgIpc) is 2.12. The first kappa shape index (κ1) is 11.8. The lowest BCUT2D eigenvalue weighted by Crippen LogP contribution is -1.98. The zero-order valence-electron chi connectivity index (χ0n) is 7.78. The number of hydrogen-bond donors (Lipinski definition) is 2. The lowest BCUT2D eigenvalue weighted by atomic mass is 10.1. The molecule has 82 valence electrons. The number of benzene rings is 1. The van der Waals surface area contributed by atoms with Crippen molar-refractivity contribution in [1.82, 2.24) is 0 Å². The number of aliphatic carboxylic acids is 1. The van der Waals surface area contributed by atoms with Gasteiger partial charge in [-0.2, -0.15) is 0 Å². The Kier molecular flexibility index (Phi) is 3.91. The average molecular weight is 233 g/mol. The fourth-order valence-corrected chi connectivity index (χ4v) is 1.43. The molecule has 0 heterocycles. The lowest BCUT2D eigenvalue weighted by molar-refractivity contribution is -0.137. The van der Waals surface area contributed by atoms with E-state index in [1.165, 1.54) is 12.1 Å². The van der Waals surface area contributed by atoms with Crippen molar-refractivity contribution >= 4 is 17.6 Å². The number of carboxylic acid groups (broad SMARTS) is 1. The van der Waals surface area contributed by atoms with Crippen molar-refractivity contribution in [3.05, 3.63) is 29.6 Å². The number of carbonyl (C=O) groups is 1. The third-order valence-electron chi connectivity index (χ3n) is 1.88. The number of hydrogen-bond acceptors (Lipinski definition) is 2. The second kappa shape index (κ2) is 4.98. The van der Waals surface area contributed by atoms with E-state index >= 15 is 0 Å².